The van der Waals surface area contributed by atoms with E-state index in [2.05, 4.69) is 15.1 Å². The molecule has 6 nitrogen and oxygen atoms in total. The van der Waals surface area contributed by atoms with Gasteiger partial charge in [-0.3, -0.25) is 14.5 Å². The van der Waals surface area contributed by atoms with Gasteiger partial charge < -0.3 is 4.90 Å². The maximum atomic E-state index is 13.1. The van der Waals surface area contributed by atoms with Gasteiger partial charge in [-0.15, -0.1) is 0 Å². The summed E-state index contributed by atoms with van der Waals surface area (Å²) in [6, 6.07) is 5.17. The fourth-order valence-electron chi connectivity index (χ4n) is 3.53. The van der Waals surface area contributed by atoms with Crippen LogP contribution in [-0.4, -0.2) is 36.6 Å². The molecule has 0 aliphatic carbocycles. The van der Waals surface area contributed by atoms with Crippen molar-refractivity contribution in [3.8, 4) is 11.3 Å². The standard InChI is InChI=1S/C20H17ClF3N5O/c1-12-10-29-17(11-28(12)19(30)7-13-2-4-26-18(21)6-13)15(9-27-29)16-8-14(3-5-25-16)20(22,23)24/h2-6,8-9,12H,7,10-11H2,1H3. The summed E-state index contributed by atoms with van der Waals surface area (Å²) >= 11 is 5.89. The molecule has 1 aliphatic heterocycles. The van der Waals surface area contributed by atoms with Crippen molar-refractivity contribution < 1.29 is 18.0 Å². The van der Waals surface area contributed by atoms with Crippen LogP contribution < -0.4 is 0 Å². The summed E-state index contributed by atoms with van der Waals surface area (Å²) in [6.45, 7) is 2.58. The van der Waals surface area contributed by atoms with Crippen molar-refractivity contribution >= 4 is 17.5 Å². The largest absolute Gasteiger partial charge is 0.416 e. The predicted molar refractivity (Wildman–Crippen MR) is 103 cm³/mol. The number of fused-ring (bicyclic) bond motifs is 1. The Labute approximate surface area is 175 Å². The van der Waals surface area contributed by atoms with E-state index in [-0.39, 0.29) is 30.6 Å². The molecule has 1 unspecified atom stereocenters. The zero-order chi connectivity index (χ0) is 21.5. The van der Waals surface area contributed by atoms with Gasteiger partial charge in [-0.05, 0) is 36.8 Å². The molecule has 4 heterocycles. The lowest BCUT2D eigenvalue weighted by Gasteiger charge is -2.34. The Morgan fingerprint density at radius 2 is 2.00 bits per heavy atom. The second kappa shape index (κ2) is 7.71. The van der Waals surface area contributed by atoms with Gasteiger partial charge in [0.05, 0.1) is 42.7 Å². The average molecular weight is 436 g/mol. The molecule has 0 aromatic carbocycles. The number of carbonyl (C=O) groups excluding carboxylic acids is 1. The minimum atomic E-state index is -4.47. The van der Waals surface area contributed by atoms with Crippen LogP contribution >= 0.6 is 11.6 Å². The minimum absolute atomic E-state index is 0.111. The van der Waals surface area contributed by atoms with Crippen LogP contribution in [0.2, 0.25) is 5.15 Å². The summed E-state index contributed by atoms with van der Waals surface area (Å²) in [6.07, 6.45) is -0.146. The molecule has 1 amide bonds. The highest BCUT2D eigenvalue weighted by atomic mass is 35.5. The number of halogens is 4. The van der Waals surface area contributed by atoms with Crippen LogP contribution in [0.1, 0.15) is 23.7 Å². The third kappa shape index (κ3) is 4.02. The molecule has 156 valence electrons. The number of carbonyl (C=O) groups is 1. The smallest absolute Gasteiger partial charge is 0.332 e. The number of amides is 1. The van der Waals surface area contributed by atoms with Gasteiger partial charge in [0.25, 0.3) is 0 Å². The van der Waals surface area contributed by atoms with Crippen molar-refractivity contribution in [3.05, 3.63) is 64.8 Å². The van der Waals surface area contributed by atoms with Gasteiger partial charge in [-0.25, -0.2) is 4.98 Å². The third-order valence-corrected chi connectivity index (χ3v) is 5.27. The van der Waals surface area contributed by atoms with E-state index in [1.807, 2.05) is 6.92 Å². The lowest BCUT2D eigenvalue weighted by Crippen LogP contribution is -2.45. The van der Waals surface area contributed by atoms with E-state index in [4.69, 9.17) is 11.6 Å². The van der Waals surface area contributed by atoms with Crippen molar-refractivity contribution in [2.45, 2.75) is 38.7 Å². The number of rotatable bonds is 3. The van der Waals surface area contributed by atoms with Gasteiger partial charge in [0.1, 0.15) is 5.15 Å². The number of hydrogen-bond donors (Lipinski definition) is 0. The lowest BCUT2D eigenvalue weighted by molar-refractivity contribution is -0.137. The summed E-state index contributed by atoms with van der Waals surface area (Å²) in [7, 11) is 0. The molecule has 30 heavy (non-hydrogen) atoms. The first kappa shape index (κ1) is 20.3. The lowest BCUT2D eigenvalue weighted by atomic mass is 10.1. The van der Waals surface area contributed by atoms with Crippen LogP contribution in [-0.2, 0) is 30.5 Å². The van der Waals surface area contributed by atoms with Gasteiger partial charge in [0.15, 0.2) is 0 Å². The van der Waals surface area contributed by atoms with E-state index >= 15 is 0 Å². The van der Waals surface area contributed by atoms with Crippen molar-refractivity contribution in [3.63, 3.8) is 0 Å². The van der Waals surface area contributed by atoms with Crippen LogP contribution in [0.3, 0.4) is 0 Å². The first-order valence-electron chi connectivity index (χ1n) is 9.20. The van der Waals surface area contributed by atoms with Gasteiger partial charge in [-0.2, -0.15) is 18.3 Å². The number of pyridine rings is 2. The van der Waals surface area contributed by atoms with Crippen molar-refractivity contribution in [1.82, 2.24) is 24.6 Å². The molecule has 0 fully saturated rings. The van der Waals surface area contributed by atoms with Crippen molar-refractivity contribution in [1.29, 1.82) is 0 Å². The number of hydrogen-bond acceptors (Lipinski definition) is 4. The Kier molecular flexibility index (Phi) is 5.23. The zero-order valence-corrected chi connectivity index (χ0v) is 16.7. The molecule has 3 aromatic rings. The highest BCUT2D eigenvalue weighted by molar-refractivity contribution is 6.29. The molecule has 10 heteroatoms. The molecule has 0 saturated heterocycles. The molecule has 0 radical (unpaired) electrons. The molecule has 4 rings (SSSR count). The van der Waals surface area contributed by atoms with Crippen molar-refractivity contribution in [2.24, 2.45) is 0 Å². The average Bonchev–Trinajstić information content (AvgIpc) is 3.09. The van der Waals surface area contributed by atoms with Gasteiger partial charge in [0, 0.05) is 24.0 Å². The molecule has 0 N–H and O–H groups in total. The van der Waals surface area contributed by atoms with Crippen LogP contribution in [0.4, 0.5) is 13.2 Å². The van der Waals surface area contributed by atoms with Gasteiger partial charge in [-0.1, -0.05) is 11.6 Å². The fraction of sp³-hybridized carbons (Fsp3) is 0.300. The molecule has 3 aromatic heterocycles. The van der Waals surface area contributed by atoms with E-state index in [9.17, 15) is 18.0 Å². The maximum absolute atomic E-state index is 13.1. The number of aromatic nitrogens is 4. The van der Waals surface area contributed by atoms with E-state index in [1.165, 1.54) is 12.4 Å². The minimum Gasteiger partial charge on any atom is -0.332 e. The molecule has 0 bridgehead atoms. The Bertz CT molecular complexity index is 1100. The van der Waals surface area contributed by atoms with Crippen LogP contribution in [0.25, 0.3) is 11.3 Å². The topological polar surface area (TPSA) is 63.9 Å². The first-order valence-corrected chi connectivity index (χ1v) is 9.58. The summed E-state index contributed by atoms with van der Waals surface area (Å²) < 4.78 is 41.0. The zero-order valence-electron chi connectivity index (χ0n) is 15.9. The quantitative estimate of drug-likeness (QED) is 0.584. The number of alkyl halides is 3. The second-order valence-electron chi connectivity index (χ2n) is 7.15. The highest BCUT2D eigenvalue weighted by Gasteiger charge is 2.33. The Balaban J connectivity index is 1.61. The predicted octanol–water partition coefficient (Wildman–Crippen LogP) is 3.99. The van der Waals surface area contributed by atoms with Gasteiger partial charge >= 0.3 is 6.18 Å². The Morgan fingerprint density at radius 1 is 1.23 bits per heavy atom. The maximum Gasteiger partial charge on any atom is 0.416 e. The molecule has 0 spiro atoms. The van der Waals surface area contributed by atoms with E-state index < -0.39 is 11.7 Å². The third-order valence-electron chi connectivity index (χ3n) is 5.07. The second-order valence-corrected chi connectivity index (χ2v) is 7.54. The summed E-state index contributed by atoms with van der Waals surface area (Å²) in [5, 5.41) is 4.60. The monoisotopic (exact) mass is 435 g/mol. The Hall–Kier alpha value is -2.94. The normalized spacial score (nSPS) is 16.4. The van der Waals surface area contributed by atoms with Crippen molar-refractivity contribution in [2.75, 3.05) is 0 Å². The molecule has 1 atom stereocenters. The molecular weight excluding hydrogens is 419 g/mol. The highest BCUT2D eigenvalue weighted by Crippen LogP contribution is 2.33. The molecule has 1 aliphatic rings. The van der Waals surface area contributed by atoms with Gasteiger partial charge in [0.2, 0.25) is 5.91 Å². The van der Waals surface area contributed by atoms with E-state index in [1.54, 1.807) is 21.7 Å². The Morgan fingerprint density at radius 3 is 2.73 bits per heavy atom. The summed E-state index contributed by atoms with van der Waals surface area (Å²) in [5.74, 6) is -0.111. The summed E-state index contributed by atoms with van der Waals surface area (Å²) in [4.78, 5) is 22.6. The van der Waals surface area contributed by atoms with Crippen LogP contribution in [0.5, 0.6) is 0 Å². The van der Waals surface area contributed by atoms with Crippen LogP contribution in [0.15, 0.2) is 42.9 Å². The van der Waals surface area contributed by atoms with E-state index in [0.29, 0.717) is 23.0 Å². The SMILES string of the molecule is CC1Cn2ncc(-c3cc(C(F)(F)F)ccn3)c2CN1C(=O)Cc1ccnc(Cl)c1. The molecule has 0 saturated carbocycles. The number of nitrogens with zero attached hydrogens (tertiary/aromatic N) is 5. The first-order chi connectivity index (χ1) is 14.2. The summed E-state index contributed by atoms with van der Waals surface area (Å²) in [5.41, 5.74) is 1.28. The fourth-order valence-corrected chi connectivity index (χ4v) is 3.73. The van der Waals surface area contributed by atoms with Crippen LogP contribution in [0, 0.1) is 0 Å². The molecular formula is C20H17ClF3N5O. The van der Waals surface area contributed by atoms with E-state index in [0.717, 1.165) is 23.9 Å².